The van der Waals surface area contributed by atoms with E-state index in [9.17, 15) is 0 Å². The number of ether oxygens (including phenoxy) is 1. The van der Waals surface area contributed by atoms with Crippen molar-refractivity contribution in [2.24, 2.45) is 0 Å². The molecule has 0 fully saturated rings. The minimum Gasteiger partial charge on any atom is -0.497 e. The lowest BCUT2D eigenvalue weighted by Crippen LogP contribution is -1.86. The Hall–Kier alpha value is -0.910. The van der Waals surface area contributed by atoms with Crippen molar-refractivity contribution in [2.75, 3.05) is 13.7 Å². The van der Waals surface area contributed by atoms with Gasteiger partial charge in [0.15, 0.2) is 0 Å². The molecular formula is C12H12BrNO2S. The van der Waals surface area contributed by atoms with Crippen molar-refractivity contribution >= 4 is 27.3 Å². The van der Waals surface area contributed by atoms with E-state index in [0.717, 1.165) is 25.8 Å². The maximum atomic E-state index is 8.94. The number of aromatic nitrogens is 1. The summed E-state index contributed by atoms with van der Waals surface area (Å²) in [7, 11) is 1.65. The van der Waals surface area contributed by atoms with Gasteiger partial charge in [0.2, 0.25) is 0 Å². The largest absolute Gasteiger partial charge is 0.497 e. The van der Waals surface area contributed by atoms with E-state index in [-0.39, 0.29) is 6.61 Å². The summed E-state index contributed by atoms with van der Waals surface area (Å²) in [6.07, 6.45) is 0.627. The molecule has 1 heterocycles. The molecule has 0 saturated carbocycles. The van der Waals surface area contributed by atoms with Crippen LogP contribution in [0.3, 0.4) is 0 Å². The number of halogens is 1. The summed E-state index contributed by atoms with van der Waals surface area (Å²) in [4.78, 5) is 5.50. The van der Waals surface area contributed by atoms with Crippen molar-refractivity contribution in [3.8, 4) is 16.3 Å². The lowest BCUT2D eigenvalue weighted by atomic mass is 10.2. The highest BCUT2D eigenvalue weighted by Crippen LogP contribution is 2.32. The van der Waals surface area contributed by atoms with Crippen LogP contribution in [-0.2, 0) is 6.42 Å². The molecule has 0 aliphatic carbocycles. The van der Waals surface area contributed by atoms with Gasteiger partial charge in [-0.1, -0.05) is 12.1 Å². The van der Waals surface area contributed by atoms with Crippen molar-refractivity contribution in [1.29, 1.82) is 0 Å². The second-order valence-electron chi connectivity index (χ2n) is 3.44. The molecule has 0 unspecified atom stereocenters. The van der Waals surface area contributed by atoms with Crippen LogP contribution in [0.4, 0.5) is 0 Å². The Morgan fingerprint density at radius 1 is 1.47 bits per heavy atom. The van der Waals surface area contributed by atoms with Crippen molar-refractivity contribution < 1.29 is 9.84 Å². The Kier molecular flexibility index (Phi) is 4.15. The number of rotatable bonds is 4. The van der Waals surface area contributed by atoms with Crippen LogP contribution in [0.2, 0.25) is 0 Å². The van der Waals surface area contributed by atoms with E-state index >= 15 is 0 Å². The van der Waals surface area contributed by atoms with Crippen LogP contribution >= 0.6 is 27.3 Å². The lowest BCUT2D eigenvalue weighted by molar-refractivity contribution is 0.300. The first-order valence-corrected chi connectivity index (χ1v) is 6.76. The molecule has 1 aromatic heterocycles. The Morgan fingerprint density at radius 2 is 2.29 bits per heavy atom. The minimum absolute atomic E-state index is 0.137. The Labute approximate surface area is 112 Å². The van der Waals surface area contributed by atoms with Gasteiger partial charge in [0.25, 0.3) is 0 Å². The zero-order valence-electron chi connectivity index (χ0n) is 9.31. The van der Waals surface area contributed by atoms with E-state index in [1.165, 1.54) is 0 Å². The van der Waals surface area contributed by atoms with Gasteiger partial charge in [-0.25, -0.2) is 4.98 Å². The number of nitrogens with zero attached hydrogens (tertiary/aromatic N) is 1. The standard InChI is InChI=1S/C12H12BrNO2S/c1-16-9-4-2-3-8(7-9)12-14-11(13)10(17-12)5-6-15/h2-4,7,15H,5-6H2,1H3. The Morgan fingerprint density at radius 3 is 3.00 bits per heavy atom. The summed E-state index contributed by atoms with van der Waals surface area (Å²) in [5.74, 6) is 0.817. The van der Waals surface area contributed by atoms with Crippen molar-refractivity contribution in [3.63, 3.8) is 0 Å². The Bertz CT molecular complexity index is 513. The van der Waals surface area contributed by atoms with Gasteiger partial charge in [-0.05, 0) is 28.1 Å². The fourth-order valence-corrected chi connectivity index (χ4v) is 3.14. The summed E-state index contributed by atoms with van der Waals surface area (Å²) >= 11 is 4.99. The first-order valence-electron chi connectivity index (χ1n) is 5.15. The second kappa shape index (κ2) is 5.62. The van der Waals surface area contributed by atoms with Gasteiger partial charge in [0.05, 0.1) is 7.11 Å². The van der Waals surface area contributed by atoms with Gasteiger partial charge in [0.1, 0.15) is 15.4 Å². The fraction of sp³-hybridized carbons (Fsp3) is 0.250. The first-order chi connectivity index (χ1) is 8.24. The van der Waals surface area contributed by atoms with Crippen LogP contribution in [0.15, 0.2) is 28.9 Å². The van der Waals surface area contributed by atoms with E-state index in [0.29, 0.717) is 6.42 Å². The third-order valence-corrected chi connectivity index (χ3v) is 4.39. The minimum atomic E-state index is 0.137. The van der Waals surface area contributed by atoms with E-state index in [4.69, 9.17) is 9.84 Å². The summed E-state index contributed by atoms with van der Waals surface area (Å²) in [5, 5.41) is 9.87. The monoisotopic (exact) mass is 313 g/mol. The van der Waals surface area contributed by atoms with Crippen LogP contribution in [0, 0.1) is 0 Å². The third kappa shape index (κ3) is 2.86. The average molecular weight is 314 g/mol. The molecule has 0 aliphatic heterocycles. The maximum Gasteiger partial charge on any atom is 0.125 e. The molecule has 0 bridgehead atoms. The molecule has 0 aliphatic rings. The second-order valence-corrected chi connectivity index (χ2v) is 5.27. The molecule has 90 valence electrons. The lowest BCUT2D eigenvalue weighted by Gasteiger charge is -2.00. The number of hydrogen-bond acceptors (Lipinski definition) is 4. The zero-order chi connectivity index (χ0) is 12.3. The smallest absolute Gasteiger partial charge is 0.125 e. The molecule has 0 amide bonds. The zero-order valence-corrected chi connectivity index (χ0v) is 11.7. The molecule has 5 heteroatoms. The fourth-order valence-electron chi connectivity index (χ4n) is 1.47. The summed E-state index contributed by atoms with van der Waals surface area (Å²) in [5.41, 5.74) is 1.03. The Balaban J connectivity index is 2.35. The number of aliphatic hydroxyl groups is 1. The number of hydrogen-bond donors (Lipinski definition) is 1. The van der Waals surface area contributed by atoms with Gasteiger partial charge in [-0.3, -0.25) is 0 Å². The predicted molar refractivity (Wildman–Crippen MR) is 72.6 cm³/mol. The van der Waals surface area contributed by atoms with Gasteiger partial charge in [-0.15, -0.1) is 11.3 Å². The number of benzene rings is 1. The molecule has 3 nitrogen and oxygen atoms in total. The summed E-state index contributed by atoms with van der Waals surface area (Å²) in [6.45, 7) is 0.137. The summed E-state index contributed by atoms with van der Waals surface area (Å²) in [6, 6.07) is 7.79. The van der Waals surface area contributed by atoms with Gasteiger partial charge in [-0.2, -0.15) is 0 Å². The highest BCUT2D eigenvalue weighted by atomic mass is 79.9. The normalized spacial score (nSPS) is 10.5. The maximum absolute atomic E-state index is 8.94. The molecule has 1 N–H and O–H groups in total. The molecule has 2 rings (SSSR count). The average Bonchev–Trinajstić information content (AvgIpc) is 2.72. The molecule has 0 radical (unpaired) electrons. The van der Waals surface area contributed by atoms with Crippen molar-refractivity contribution in [2.45, 2.75) is 6.42 Å². The highest BCUT2D eigenvalue weighted by molar-refractivity contribution is 9.10. The van der Waals surface area contributed by atoms with Gasteiger partial charge >= 0.3 is 0 Å². The van der Waals surface area contributed by atoms with Gasteiger partial charge in [0, 0.05) is 23.5 Å². The van der Waals surface area contributed by atoms with E-state index < -0.39 is 0 Å². The van der Waals surface area contributed by atoms with Gasteiger partial charge < -0.3 is 9.84 Å². The van der Waals surface area contributed by atoms with Crippen LogP contribution in [0.1, 0.15) is 4.88 Å². The predicted octanol–water partition coefficient (Wildman–Crippen LogP) is 3.12. The molecule has 17 heavy (non-hydrogen) atoms. The quantitative estimate of drug-likeness (QED) is 0.943. The molecule has 0 spiro atoms. The van der Waals surface area contributed by atoms with Crippen LogP contribution in [-0.4, -0.2) is 23.8 Å². The highest BCUT2D eigenvalue weighted by Gasteiger charge is 2.10. The molecule has 0 saturated heterocycles. The van der Waals surface area contributed by atoms with Crippen LogP contribution in [0.5, 0.6) is 5.75 Å². The van der Waals surface area contributed by atoms with Crippen molar-refractivity contribution in [3.05, 3.63) is 33.7 Å². The number of thiazole rings is 1. The summed E-state index contributed by atoms with van der Waals surface area (Å²) < 4.78 is 6.00. The SMILES string of the molecule is COc1cccc(-c2nc(Br)c(CCO)s2)c1. The number of methoxy groups -OCH3 is 1. The molecule has 1 aromatic carbocycles. The van der Waals surface area contributed by atoms with Crippen molar-refractivity contribution in [1.82, 2.24) is 4.98 Å². The van der Waals surface area contributed by atoms with E-state index in [1.807, 2.05) is 24.3 Å². The third-order valence-electron chi connectivity index (χ3n) is 2.31. The first kappa shape index (κ1) is 12.5. The van der Waals surface area contributed by atoms with Crippen LogP contribution in [0.25, 0.3) is 10.6 Å². The van der Waals surface area contributed by atoms with E-state index in [2.05, 4.69) is 20.9 Å². The van der Waals surface area contributed by atoms with Crippen LogP contribution < -0.4 is 4.74 Å². The molecule has 2 aromatic rings. The number of aliphatic hydroxyl groups excluding tert-OH is 1. The molecular weight excluding hydrogens is 302 g/mol. The molecule has 0 atom stereocenters. The van der Waals surface area contributed by atoms with E-state index in [1.54, 1.807) is 18.4 Å². The topological polar surface area (TPSA) is 42.4 Å².